The second-order valence-electron chi connectivity index (χ2n) is 17.5. The summed E-state index contributed by atoms with van der Waals surface area (Å²) in [6, 6.07) is 86.2. The zero-order valence-electron chi connectivity index (χ0n) is 35.8. The van der Waals surface area contributed by atoms with Crippen LogP contribution in [0.2, 0.25) is 0 Å². The Balaban J connectivity index is 1.10. The van der Waals surface area contributed by atoms with Gasteiger partial charge in [-0.25, -0.2) is 0 Å². The van der Waals surface area contributed by atoms with E-state index in [0.717, 1.165) is 72.8 Å². The van der Waals surface area contributed by atoms with Crippen molar-refractivity contribution in [2.24, 2.45) is 0 Å². The van der Waals surface area contributed by atoms with Crippen molar-refractivity contribution < 1.29 is 9.47 Å². The second-order valence-corrected chi connectivity index (χ2v) is 21.3. The Kier molecular flexibility index (Phi) is 8.06. The maximum absolute atomic E-state index is 7.57. The molecule has 308 valence electrons. The molecule has 0 fully saturated rings. The lowest BCUT2D eigenvalue weighted by molar-refractivity contribution is 0.463. The van der Waals surface area contributed by atoms with Crippen LogP contribution in [0, 0.1) is 0 Å². The molecule has 0 amide bonds. The third kappa shape index (κ3) is 5.16. The van der Waals surface area contributed by atoms with Crippen LogP contribution in [-0.4, -0.2) is 23.9 Å². The van der Waals surface area contributed by atoms with Gasteiger partial charge in [0.15, 0.2) is 8.07 Å². The standard InChI is InChI=1S/C60H39BN2O2Si/c1-4-20-40(21-5-1)66(41-22-6-2-7-23-41,42-24-8-3-9-25-42)43-38-56-58-57(39-43)65-60-49(31-19-37-55(60)63-52-34-16-12-28-46(52)47-29-13-17-35-53(47)63)61(58)48-30-18-36-54(59(48)64-56)62-50-32-14-10-26-44(50)45-27-11-15-33-51(45)62/h1-39H. The minimum Gasteiger partial charge on any atom is -0.456 e. The van der Waals surface area contributed by atoms with Crippen LogP contribution in [0.1, 0.15) is 0 Å². The lowest BCUT2D eigenvalue weighted by Gasteiger charge is -2.38. The Morgan fingerprint density at radius 1 is 0.318 bits per heavy atom. The summed E-state index contributed by atoms with van der Waals surface area (Å²) in [6.07, 6.45) is 0. The average molecular weight is 859 g/mol. The largest absolute Gasteiger partial charge is 0.456 e. The molecule has 0 aliphatic carbocycles. The van der Waals surface area contributed by atoms with Gasteiger partial charge in [0.05, 0.1) is 33.4 Å². The first-order chi connectivity index (χ1) is 32.8. The fourth-order valence-electron chi connectivity index (χ4n) is 11.5. The Bertz CT molecular complexity index is 3510. The van der Waals surface area contributed by atoms with Gasteiger partial charge in [-0.1, -0.05) is 188 Å². The van der Waals surface area contributed by atoms with E-state index in [4.69, 9.17) is 9.47 Å². The lowest BCUT2D eigenvalue weighted by atomic mass is 9.34. The molecule has 0 unspecified atom stereocenters. The summed E-state index contributed by atoms with van der Waals surface area (Å²) in [5.74, 6) is 3.35. The quantitative estimate of drug-likeness (QED) is 0.123. The minimum absolute atomic E-state index is 0.182. The van der Waals surface area contributed by atoms with E-state index in [1.54, 1.807) is 0 Å². The number of hydrogen-bond acceptors (Lipinski definition) is 2. The third-order valence-corrected chi connectivity index (χ3v) is 18.9. The number of aromatic nitrogens is 2. The zero-order chi connectivity index (χ0) is 43.3. The SMILES string of the molecule is c1ccc([Si](c2ccccc2)(c2ccccc2)c2cc3c4c(c2)Oc2c(cccc2-n2c5ccccc5c5ccccc52)B4c2cccc(-n4c5ccccc5c5ccccc54)c2O3)cc1. The minimum atomic E-state index is -3.04. The average Bonchev–Trinajstić information content (AvgIpc) is 3.90. The highest BCUT2D eigenvalue weighted by atomic mass is 28.3. The van der Waals surface area contributed by atoms with Crippen LogP contribution >= 0.6 is 0 Å². The van der Waals surface area contributed by atoms with E-state index >= 15 is 0 Å². The van der Waals surface area contributed by atoms with Gasteiger partial charge in [0.25, 0.3) is 6.71 Å². The molecule has 10 aromatic carbocycles. The Labute approximate surface area is 383 Å². The molecular weight excluding hydrogens is 820 g/mol. The summed E-state index contributed by atoms with van der Waals surface area (Å²) >= 11 is 0. The maximum atomic E-state index is 7.57. The number of hydrogen-bond donors (Lipinski definition) is 0. The molecular formula is C60H39BN2O2Si. The van der Waals surface area contributed by atoms with E-state index in [9.17, 15) is 0 Å². The molecule has 0 saturated heterocycles. The van der Waals surface area contributed by atoms with Crippen LogP contribution in [0.15, 0.2) is 237 Å². The molecule has 14 rings (SSSR count). The molecule has 0 bridgehead atoms. The number of ether oxygens (including phenoxy) is 2. The van der Waals surface area contributed by atoms with E-state index < -0.39 is 8.07 Å². The zero-order valence-corrected chi connectivity index (χ0v) is 36.8. The van der Waals surface area contributed by atoms with Crippen molar-refractivity contribution in [3.8, 4) is 34.4 Å². The molecule has 66 heavy (non-hydrogen) atoms. The molecule has 2 aliphatic rings. The Hall–Kier alpha value is -8.32. The molecule has 4 heterocycles. The van der Waals surface area contributed by atoms with E-state index in [1.165, 1.54) is 42.3 Å². The molecule has 0 saturated carbocycles. The Morgan fingerprint density at radius 3 is 1.02 bits per heavy atom. The van der Waals surface area contributed by atoms with Crippen LogP contribution in [0.3, 0.4) is 0 Å². The fourth-order valence-corrected chi connectivity index (χ4v) is 16.3. The van der Waals surface area contributed by atoms with E-state index in [0.29, 0.717) is 0 Å². The van der Waals surface area contributed by atoms with Gasteiger partial charge in [-0.05, 0) is 80.2 Å². The number of fused-ring (bicyclic) bond motifs is 10. The van der Waals surface area contributed by atoms with Crippen molar-refractivity contribution in [3.63, 3.8) is 0 Å². The second kappa shape index (κ2) is 14.3. The summed E-state index contributed by atoms with van der Waals surface area (Å²) in [4.78, 5) is 0. The van der Waals surface area contributed by atoms with Gasteiger partial charge in [-0.2, -0.15) is 0 Å². The summed E-state index contributed by atoms with van der Waals surface area (Å²) < 4.78 is 19.9. The van der Waals surface area contributed by atoms with Crippen molar-refractivity contribution in [2.45, 2.75) is 0 Å². The van der Waals surface area contributed by atoms with Crippen LogP contribution < -0.4 is 46.6 Å². The van der Waals surface area contributed by atoms with E-state index in [-0.39, 0.29) is 6.71 Å². The van der Waals surface area contributed by atoms with Crippen molar-refractivity contribution in [1.29, 1.82) is 0 Å². The lowest BCUT2D eigenvalue weighted by Crippen LogP contribution is -2.75. The summed E-state index contributed by atoms with van der Waals surface area (Å²) in [7, 11) is -3.04. The molecule has 2 aromatic heterocycles. The molecule has 0 atom stereocenters. The molecule has 4 nitrogen and oxygen atoms in total. The highest BCUT2D eigenvalue weighted by Crippen LogP contribution is 2.43. The summed E-state index contributed by atoms with van der Waals surface area (Å²) in [5, 5.41) is 9.90. The smallest absolute Gasteiger partial charge is 0.260 e. The molecule has 0 N–H and O–H groups in total. The Morgan fingerprint density at radius 2 is 0.652 bits per heavy atom. The summed E-state index contributed by atoms with van der Waals surface area (Å²) in [5.41, 5.74) is 9.84. The highest BCUT2D eigenvalue weighted by Gasteiger charge is 2.47. The van der Waals surface area contributed by atoms with Crippen LogP contribution in [0.25, 0.3) is 55.0 Å². The maximum Gasteiger partial charge on any atom is 0.260 e. The number of benzene rings is 10. The van der Waals surface area contributed by atoms with Gasteiger partial charge in [0, 0.05) is 27.0 Å². The van der Waals surface area contributed by atoms with E-state index in [1.807, 2.05) is 0 Å². The van der Waals surface area contributed by atoms with Gasteiger partial charge in [0.2, 0.25) is 0 Å². The number of rotatable bonds is 6. The van der Waals surface area contributed by atoms with Gasteiger partial charge in [0.1, 0.15) is 23.0 Å². The van der Waals surface area contributed by atoms with Crippen LogP contribution in [-0.2, 0) is 0 Å². The monoisotopic (exact) mass is 858 g/mol. The molecule has 6 heteroatoms. The van der Waals surface area contributed by atoms with Crippen molar-refractivity contribution in [2.75, 3.05) is 0 Å². The molecule has 2 aliphatic heterocycles. The summed E-state index contributed by atoms with van der Waals surface area (Å²) in [6.45, 7) is -0.182. The molecule has 0 radical (unpaired) electrons. The fraction of sp³-hybridized carbons (Fsp3) is 0. The highest BCUT2D eigenvalue weighted by molar-refractivity contribution is 7.20. The van der Waals surface area contributed by atoms with Gasteiger partial charge in [-0.3, -0.25) is 0 Å². The first-order valence-electron chi connectivity index (χ1n) is 22.7. The van der Waals surface area contributed by atoms with Crippen LogP contribution in [0.4, 0.5) is 0 Å². The van der Waals surface area contributed by atoms with Crippen LogP contribution in [0.5, 0.6) is 23.0 Å². The first-order valence-corrected chi connectivity index (χ1v) is 24.7. The topological polar surface area (TPSA) is 28.3 Å². The molecule has 0 spiro atoms. The van der Waals surface area contributed by atoms with Crippen molar-refractivity contribution in [3.05, 3.63) is 237 Å². The normalized spacial score (nSPS) is 12.8. The van der Waals surface area contributed by atoms with Gasteiger partial charge < -0.3 is 18.6 Å². The van der Waals surface area contributed by atoms with Crippen molar-refractivity contribution in [1.82, 2.24) is 9.13 Å². The van der Waals surface area contributed by atoms with Gasteiger partial charge in [-0.15, -0.1) is 0 Å². The number of para-hydroxylation sites is 6. The first kappa shape index (κ1) is 37.1. The predicted octanol–water partition coefficient (Wildman–Crippen LogP) is 9.99. The van der Waals surface area contributed by atoms with Crippen molar-refractivity contribution >= 4 is 95.5 Å². The number of nitrogens with zero attached hydrogens (tertiary/aromatic N) is 2. The van der Waals surface area contributed by atoms with E-state index in [2.05, 4.69) is 246 Å². The third-order valence-electron chi connectivity index (χ3n) is 14.2. The molecule has 12 aromatic rings. The van der Waals surface area contributed by atoms with Gasteiger partial charge >= 0.3 is 0 Å². The predicted molar refractivity (Wildman–Crippen MR) is 276 cm³/mol.